The lowest BCUT2D eigenvalue weighted by Gasteiger charge is -2.27. The molecule has 2 aromatic heterocycles. The van der Waals surface area contributed by atoms with Crippen LogP contribution in [0, 0.1) is 6.92 Å². The van der Waals surface area contributed by atoms with Crippen LogP contribution in [0.5, 0.6) is 0 Å². The molecule has 2 saturated heterocycles. The van der Waals surface area contributed by atoms with Crippen molar-refractivity contribution >= 4 is 26.8 Å². The van der Waals surface area contributed by atoms with Crippen LogP contribution in [-0.2, 0) is 9.84 Å². The summed E-state index contributed by atoms with van der Waals surface area (Å²) in [7, 11) is -3.07. The number of aromatic nitrogens is 3. The monoisotopic (exact) mass is 438 g/mol. The van der Waals surface area contributed by atoms with Gasteiger partial charge in [-0.05, 0) is 38.7 Å². The summed E-state index contributed by atoms with van der Waals surface area (Å²) in [5, 5.41) is 5.41. The molecule has 0 unspecified atom stereocenters. The maximum absolute atomic E-state index is 13.5. The van der Waals surface area contributed by atoms with E-state index in [2.05, 4.69) is 5.10 Å². The standard InChI is InChI=1S/C23H26N4O3S/c1-16-21-19(23(28)26-11-6-3-7-12-26)14-20(17-8-4-2-5-9-17)24-22(21)27(25-16)18-10-13-31(29,30)15-18/h2,4-5,8-9,14,18H,3,6-7,10-13,15H2,1H3/t18-/m0/s1. The van der Waals surface area contributed by atoms with E-state index in [-0.39, 0.29) is 23.5 Å². The van der Waals surface area contributed by atoms with Gasteiger partial charge in [0.1, 0.15) is 0 Å². The van der Waals surface area contributed by atoms with Gasteiger partial charge >= 0.3 is 0 Å². The Bertz CT molecular complexity index is 1240. The summed E-state index contributed by atoms with van der Waals surface area (Å²) >= 11 is 0. The number of pyridine rings is 1. The van der Waals surface area contributed by atoms with Gasteiger partial charge in [0.05, 0.1) is 39.9 Å². The highest BCUT2D eigenvalue weighted by Gasteiger charge is 2.33. The fourth-order valence-corrected chi connectivity index (χ4v) is 6.42. The zero-order chi connectivity index (χ0) is 21.6. The summed E-state index contributed by atoms with van der Waals surface area (Å²) in [6.07, 6.45) is 3.70. The molecule has 0 N–H and O–H groups in total. The van der Waals surface area contributed by atoms with E-state index in [0.29, 0.717) is 29.0 Å². The van der Waals surface area contributed by atoms with Crippen molar-refractivity contribution in [2.45, 2.75) is 38.6 Å². The molecule has 1 amide bonds. The number of hydrogen-bond acceptors (Lipinski definition) is 5. The first-order chi connectivity index (χ1) is 14.9. The Morgan fingerprint density at radius 3 is 2.52 bits per heavy atom. The second-order valence-electron chi connectivity index (χ2n) is 8.56. The Balaban J connectivity index is 1.70. The molecule has 1 atom stereocenters. The van der Waals surface area contributed by atoms with Crippen LogP contribution in [0.4, 0.5) is 0 Å². The summed E-state index contributed by atoms with van der Waals surface area (Å²) in [6.45, 7) is 3.40. The number of piperidine rings is 1. The SMILES string of the molecule is Cc1nn([C@H]2CCS(=O)(=O)C2)c2nc(-c3ccccc3)cc(C(=O)N3CCCCC3)c12. The molecule has 3 aromatic rings. The molecule has 0 spiro atoms. The van der Waals surface area contributed by atoms with Gasteiger partial charge in [-0.2, -0.15) is 5.10 Å². The molecule has 0 bridgehead atoms. The van der Waals surface area contributed by atoms with Crippen molar-refractivity contribution in [3.63, 3.8) is 0 Å². The molecule has 1 aromatic carbocycles. The minimum atomic E-state index is -3.07. The van der Waals surface area contributed by atoms with Crippen molar-refractivity contribution in [2.24, 2.45) is 0 Å². The summed E-state index contributed by atoms with van der Waals surface area (Å²) < 4.78 is 26.0. The average Bonchev–Trinajstić information content (AvgIpc) is 3.32. The molecule has 0 radical (unpaired) electrons. The van der Waals surface area contributed by atoms with Gasteiger partial charge < -0.3 is 4.90 Å². The topological polar surface area (TPSA) is 85.2 Å². The molecule has 162 valence electrons. The molecule has 7 nitrogen and oxygen atoms in total. The molecule has 31 heavy (non-hydrogen) atoms. The van der Waals surface area contributed by atoms with Crippen LogP contribution in [0.2, 0.25) is 0 Å². The first kappa shape index (κ1) is 20.2. The maximum atomic E-state index is 13.5. The van der Waals surface area contributed by atoms with Crippen molar-refractivity contribution in [2.75, 3.05) is 24.6 Å². The van der Waals surface area contributed by atoms with Crippen molar-refractivity contribution in [1.82, 2.24) is 19.7 Å². The fourth-order valence-electron chi connectivity index (χ4n) is 4.73. The minimum absolute atomic E-state index is 0.00553. The highest BCUT2D eigenvalue weighted by atomic mass is 32.2. The van der Waals surface area contributed by atoms with Gasteiger partial charge in [0, 0.05) is 18.7 Å². The van der Waals surface area contributed by atoms with Crippen LogP contribution in [0.25, 0.3) is 22.3 Å². The number of benzene rings is 1. The van der Waals surface area contributed by atoms with Crippen LogP contribution in [0.15, 0.2) is 36.4 Å². The number of likely N-dealkylation sites (tertiary alicyclic amines) is 1. The van der Waals surface area contributed by atoms with Crippen molar-refractivity contribution in [1.29, 1.82) is 0 Å². The Hall–Kier alpha value is -2.74. The Morgan fingerprint density at radius 2 is 1.84 bits per heavy atom. The number of sulfone groups is 1. The van der Waals surface area contributed by atoms with E-state index < -0.39 is 9.84 Å². The number of nitrogens with zero attached hydrogens (tertiary/aromatic N) is 4. The Labute approximate surface area is 182 Å². The van der Waals surface area contributed by atoms with Crippen LogP contribution in [0.3, 0.4) is 0 Å². The highest BCUT2D eigenvalue weighted by molar-refractivity contribution is 7.91. The van der Waals surface area contributed by atoms with Crippen LogP contribution >= 0.6 is 0 Å². The lowest BCUT2D eigenvalue weighted by molar-refractivity contribution is 0.0726. The van der Waals surface area contributed by atoms with E-state index in [9.17, 15) is 13.2 Å². The Kier molecular flexibility index (Phi) is 5.04. The van der Waals surface area contributed by atoms with E-state index in [1.807, 2.05) is 48.2 Å². The summed E-state index contributed by atoms with van der Waals surface area (Å²) in [5.41, 5.74) is 3.54. The predicted octanol–water partition coefficient (Wildman–Crippen LogP) is 3.39. The number of carbonyl (C=O) groups excluding carboxylic acids is 1. The summed E-state index contributed by atoms with van der Waals surface area (Å²) in [5.74, 6) is 0.234. The van der Waals surface area contributed by atoms with E-state index in [0.717, 1.165) is 43.3 Å². The van der Waals surface area contributed by atoms with Crippen molar-refractivity contribution in [3.05, 3.63) is 47.7 Å². The normalized spacial score (nSPS) is 20.9. The molecule has 5 rings (SSSR count). The smallest absolute Gasteiger partial charge is 0.254 e. The zero-order valence-corrected chi connectivity index (χ0v) is 18.4. The van der Waals surface area contributed by atoms with E-state index in [4.69, 9.17) is 4.98 Å². The predicted molar refractivity (Wildman–Crippen MR) is 120 cm³/mol. The van der Waals surface area contributed by atoms with E-state index in [1.54, 1.807) is 4.68 Å². The molecule has 4 heterocycles. The van der Waals surface area contributed by atoms with Crippen molar-refractivity contribution < 1.29 is 13.2 Å². The number of aryl methyl sites for hydroxylation is 1. The molecule has 2 aliphatic heterocycles. The third-order valence-electron chi connectivity index (χ3n) is 6.33. The van der Waals surface area contributed by atoms with Crippen LogP contribution < -0.4 is 0 Å². The number of hydrogen-bond donors (Lipinski definition) is 0. The van der Waals surface area contributed by atoms with E-state index >= 15 is 0 Å². The average molecular weight is 439 g/mol. The number of amides is 1. The van der Waals surface area contributed by atoms with Crippen LogP contribution in [-0.4, -0.2) is 58.6 Å². The van der Waals surface area contributed by atoms with Gasteiger partial charge in [-0.25, -0.2) is 18.1 Å². The lowest BCUT2D eigenvalue weighted by Crippen LogP contribution is -2.35. The quantitative estimate of drug-likeness (QED) is 0.626. The van der Waals surface area contributed by atoms with Crippen LogP contribution in [0.1, 0.15) is 47.8 Å². The van der Waals surface area contributed by atoms with Crippen molar-refractivity contribution in [3.8, 4) is 11.3 Å². The minimum Gasteiger partial charge on any atom is -0.339 e. The first-order valence-corrected chi connectivity index (χ1v) is 12.7. The van der Waals surface area contributed by atoms with Gasteiger partial charge in [0.2, 0.25) is 0 Å². The second-order valence-corrected chi connectivity index (χ2v) is 10.8. The molecule has 0 saturated carbocycles. The largest absolute Gasteiger partial charge is 0.339 e. The molecular formula is C23H26N4O3S. The zero-order valence-electron chi connectivity index (χ0n) is 17.6. The highest BCUT2D eigenvalue weighted by Crippen LogP contribution is 2.32. The molecule has 2 fully saturated rings. The fraction of sp³-hybridized carbons (Fsp3) is 0.435. The number of rotatable bonds is 3. The lowest BCUT2D eigenvalue weighted by atomic mass is 10.0. The Morgan fingerprint density at radius 1 is 1.10 bits per heavy atom. The molecule has 2 aliphatic rings. The third kappa shape index (κ3) is 3.73. The van der Waals surface area contributed by atoms with E-state index in [1.165, 1.54) is 0 Å². The summed E-state index contributed by atoms with van der Waals surface area (Å²) in [4.78, 5) is 20.4. The number of fused-ring (bicyclic) bond motifs is 1. The van der Waals surface area contributed by atoms with Gasteiger partial charge in [-0.15, -0.1) is 0 Å². The maximum Gasteiger partial charge on any atom is 0.254 e. The summed E-state index contributed by atoms with van der Waals surface area (Å²) in [6, 6.07) is 11.4. The first-order valence-electron chi connectivity index (χ1n) is 10.9. The van der Waals surface area contributed by atoms with Gasteiger partial charge in [0.15, 0.2) is 15.5 Å². The van der Waals surface area contributed by atoms with Gasteiger partial charge in [0.25, 0.3) is 5.91 Å². The third-order valence-corrected chi connectivity index (χ3v) is 8.08. The molecule has 8 heteroatoms. The molecular weight excluding hydrogens is 412 g/mol. The molecule has 0 aliphatic carbocycles. The number of carbonyl (C=O) groups is 1. The second kappa shape index (κ2) is 7.75. The van der Waals surface area contributed by atoms with Gasteiger partial charge in [-0.1, -0.05) is 30.3 Å². The van der Waals surface area contributed by atoms with Gasteiger partial charge in [-0.3, -0.25) is 4.79 Å².